The zero-order valence-corrected chi connectivity index (χ0v) is 17.0. The van der Waals surface area contributed by atoms with Crippen LogP contribution in [0.15, 0.2) is 42.9 Å². The molecular weight excluding hydrogens is 372 g/mol. The number of aryl methyl sites for hydroxylation is 1. The summed E-state index contributed by atoms with van der Waals surface area (Å²) in [6.45, 7) is 2.04. The highest BCUT2D eigenvalue weighted by Crippen LogP contribution is 2.40. The Hall–Kier alpha value is -2.40. The lowest BCUT2D eigenvalue weighted by atomic mass is 9.74. The number of rotatable bonds is 4. The second-order valence-corrected chi connectivity index (χ2v) is 8.26. The topological polar surface area (TPSA) is 59.8 Å². The molecule has 1 atom stereocenters. The Kier molecular flexibility index (Phi) is 5.36. The number of carbonyl (C=O) groups is 1. The molecule has 0 spiro atoms. The average molecular weight is 397 g/mol. The van der Waals surface area contributed by atoms with Crippen LogP contribution in [0.1, 0.15) is 44.1 Å². The molecule has 0 bridgehead atoms. The predicted octanol–water partition coefficient (Wildman–Crippen LogP) is 5.17. The molecule has 0 radical (unpaired) electrons. The Bertz CT molecular complexity index is 974. The number of benzene rings is 1. The molecule has 0 saturated heterocycles. The van der Waals surface area contributed by atoms with Crippen molar-refractivity contribution in [2.45, 2.75) is 38.5 Å². The number of anilines is 1. The minimum Gasteiger partial charge on any atom is -0.326 e. The van der Waals surface area contributed by atoms with Gasteiger partial charge in [0.25, 0.3) is 0 Å². The van der Waals surface area contributed by atoms with Gasteiger partial charge in [0.2, 0.25) is 5.91 Å². The van der Waals surface area contributed by atoms with Crippen molar-refractivity contribution in [3.63, 3.8) is 0 Å². The lowest BCUT2D eigenvalue weighted by molar-refractivity contribution is -0.121. The highest BCUT2D eigenvalue weighted by Gasteiger charge is 2.30. The fourth-order valence-corrected chi connectivity index (χ4v) is 4.44. The average Bonchev–Trinajstić information content (AvgIpc) is 3.10. The summed E-state index contributed by atoms with van der Waals surface area (Å²) >= 11 is 5.91. The van der Waals surface area contributed by atoms with E-state index in [1.165, 1.54) is 5.56 Å². The Morgan fingerprint density at radius 2 is 1.86 bits per heavy atom. The van der Waals surface area contributed by atoms with Crippen LogP contribution in [0.3, 0.4) is 0 Å². The van der Waals surface area contributed by atoms with E-state index in [9.17, 15) is 4.79 Å². The Morgan fingerprint density at radius 3 is 2.57 bits per heavy atom. The van der Waals surface area contributed by atoms with E-state index >= 15 is 0 Å². The normalized spacial score (nSPS) is 20.8. The van der Waals surface area contributed by atoms with E-state index in [2.05, 4.69) is 21.4 Å². The van der Waals surface area contributed by atoms with Gasteiger partial charge < -0.3 is 9.88 Å². The third-order valence-corrected chi connectivity index (χ3v) is 6.33. The maximum atomic E-state index is 12.7. The fraction of sp³-hybridized carbons (Fsp3) is 0.409. The highest BCUT2D eigenvalue weighted by atomic mass is 35.5. The molecule has 5 nitrogen and oxygen atoms in total. The molecule has 4 rings (SSSR count). The van der Waals surface area contributed by atoms with Gasteiger partial charge in [-0.2, -0.15) is 0 Å². The largest absolute Gasteiger partial charge is 0.326 e. The first-order valence-electron chi connectivity index (χ1n) is 9.85. The number of fused-ring (bicyclic) bond motifs is 1. The number of nitrogens with one attached hydrogen (secondary N) is 1. The smallest absolute Gasteiger partial charge is 0.227 e. The molecule has 0 aliphatic heterocycles. The van der Waals surface area contributed by atoms with Crippen LogP contribution in [0, 0.1) is 11.8 Å². The van der Waals surface area contributed by atoms with Gasteiger partial charge in [-0.1, -0.05) is 18.5 Å². The van der Waals surface area contributed by atoms with Gasteiger partial charge in [0.15, 0.2) is 5.65 Å². The summed E-state index contributed by atoms with van der Waals surface area (Å²) in [5, 5.41) is 3.69. The van der Waals surface area contributed by atoms with Gasteiger partial charge in [0, 0.05) is 29.9 Å². The Morgan fingerprint density at radius 1 is 1.14 bits per heavy atom. The minimum absolute atomic E-state index is 0.0102. The number of halogens is 1. The molecule has 2 heterocycles. The molecule has 3 aromatic rings. The van der Waals surface area contributed by atoms with Gasteiger partial charge in [0.1, 0.15) is 5.52 Å². The summed E-state index contributed by atoms with van der Waals surface area (Å²) in [6, 6.07) is 9.37. The molecule has 1 saturated carbocycles. The van der Waals surface area contributed by atoms with Crippen molar-refractivity contribution in [1.82, 2.24) is 14.5 Å². The molecular formula is C22H25ClN4O. The third kappa shape index (κ3) is 3.76. The van der Waals surface area contributed by atoms with Crippen molar-refractivity contribution in [2.75, 3.05) is 5.32 Å². The molecule has 1 aromatic carbocycles. The Labute approximate surface area is 170 Å². The molecule has 1 amide bonds. The second kappa shape index (κ2) is 7.92. The van der Waals surface area contributed by atoms with E-state index < -0.39 is 0 Å². The highest BCUT2D eigenvalue weighted by molar-refractivity contribution is 6.30. The van der Waals surface area contributed by atoms with Crippen LogP contribution < -0.4 is 5.32 Å². The van der Waals surface area contributed by atoms with Gasteiger partial charge >= 0.3 is 0 Å². The molecule has 1 aliphatic carbocycles. The van der Waals surface area contributed by atoms with E-state index in [1.54, 1.807) is 12.1 Å². The quantitative estimate of drug-likeness (QED) is 0.661. The summed E-state index contributed by atoms with van der Waals surface area (Å²) < 4.78 is 1.97. The van der Waals surface area contributed by atoms with Crippen molar-refractivity contribution in [1.29, 1.82) is 0 Å². The lowest BCUT2D eigenvalue weighted by Gasteiger charge is -2.32. The summed E-state index contributed by atoms with van der Waals surface area (Å²) in [6.07, 6.45) is 7.98. The minimum atomic E-state index is -0.0102. The summed E-state index contributed by atoms with van der Waals surface area (Å²) in [7, 11) is 1.98. The molecule has 1 fully saturated rings. The van der Waals surface area contributed by atoms with Gasteiger partial charge in [-0.05, 0) is 73.4 Å². The summed E-state index contributed by atoms with van der Waals surface area (Å²) in [4.78, 5) is 21.7. The van der Waals surface area contributed by atoms with Gasteiger partial charge in [-0.3, -0.25) is 4.79 Å². The van der Waals surface area contributed by atoms with Crippen molar-refractivity contribution < 1.29 is 4.79 Å². The van der Waals surface area contributed by atoms with Crippen molar-refractivity contribution >= 4 is 34.4 Å². The lowest BCUT2D eigenvalue weighted by Crippen LogP contribution is -2.29. The second-order valence-electron chi connectivity index (χ2n) is 7.82. The molecule has 146 valence electrons. The standard InChI is InChI=1S/C22H25ClN4O/c1-14(22(28)26-18-9-7-17(23)8-10-18)15-3-5-16(6-4-15)19-11-12-24-21-20(19)25-13-27(21)2/h7-16H,3-6H2,1-2H3,(H,26,28)/t14-,15?,16?/m1/s1. The van der Waals surface area contributed by atoms with E-state index in [1.807, 2.05) is 43.2 Å². The fourth-order valence-electron chi connectivity index (χ4n) is 4.31. The van der Waals surface area contributed by atoms with Gasteiger partial charge in [0.05, 0.1) is 6.33 Å². The number of imidazole rings is 1. The first-order valence-corrected chi connectivity index (χ1v) is 10.2. The predicted molar refractivity (Wildman–Crippen MR) is 112 cm³/mol. The SMILES string of the molecule is C[C@@H](C(=O)Nc1ccc(Cl)cc1)C1CCC(c2ccnc3c2ncn3C)CC1. The monoisotopic (exact) mass is 396 g/mol. The molecule has 28 heavy (non-hydrogen) atoms. The van der Waals surface area contributed by atoms with E-state index in [0.29, 0.717) is 16.9 Å². The van der Waals surface area contributed by atoms with Crippen LogP contribution in [0.4, 0.5) is 5.69 Å². The van der Waals surface area contributed by atoms with E-state index in [-0.39, 0.29) is 11.8 Å². The van der Waals surface area contributed by atoms with Crippen LogP contribution >= 0.6 is 11.6 Å². The zero-order chi connectivity index (χ0) is 19.7. The number of pyridine rings is 1. The maximum Gasteiger partial charge on any atom is 0.227 e. The van der Waals surface area contributed by atoms with Crippen LogP contribution in [0.5, 0.6) is 0 Å². The van der Waals surface area contributed by atoms with Gasteiger partial charge in [-0.15, -0.1) is 0 Å². The van der Waals surface area contributed by atoms with E-state index in [0.717, 1.165) is 42.5 Å². The van der Waals surface area contributed by atoms with Crippen molar-refractivity contribution in [3.05, 3.63) is 53.4 Å². The molecule has 6 heteroatoms. The third-order valence-electron chi connectivity index (χ3n) is 6.07. The molecule has 2 aromatic heterocycles. The molecule has 1 N–H and O–H groups in total. The molecule has 1 aliphatic rings. The first kappa shape index (κ1) is 18.9. The molecule has 0 unspecified atom stereocenters. The number of hydrogen-bond acceptors (Lipinski definition) is 3. The number of hydrogen-bond donors (Lipinski definition) is 1. The maximum absolute atomic E-state index is 12.7. The first-order chi connectivity index (χ1) is 13.5. The summed E-state index contributed by atoms with van der Waals surface area (Å²) in [5.41, 5.74) is 4.05. The van der Waals surface area contributed by atoms with Gasteiger partial charge in [-0.25, -0.2) is 9.97 Å². The zero-order valence-electron chi connectivity index (χ0n) is 16.2. The summed E-state index contributed by atoms with van der Waals surface area (Å²) in [5.74, 6) is 0.971. The van der Waals surface area contributed by atoms with Crippen molar-refractivity contribution in [3.8, 4) is 0 Å². The number of nitrogens with zero attached hydrogens (tertiary/aromatic N) is 3. The number of aromatic nitrogens is 3. The van der Waals surface area contributed by atoms with Crippen LogP contribution in [0.25, 0.3) is 11.2 Å². The van der Waals surface area contributed by atoms with Crippen molar-refractivity contribution in [2.24, 2.45) is 18.9 Å². The van der Waals surface area contributed by atoms with Crippen LogP contribution in [0.2, 0.25) is 5.02 Å². The Balaban J connectivity index is 1.39. The van der Waals surface area contributed by atoms with E-state index in [4.69, 9.17) is 11.6 Å². The number of carbonyl (C=O) groups excluding carboxylic acids is 1. The van der Waals surface area contributed by atoms with Crippen LogP contribution in [-0.2, 0) is 11.8 Å². The van der Waals surface area contributed by atoms with Crippen LogP contribution in [-0.4, -0.2) is 20.4 Å². The number of amides is 1.